The van der Waals surface area contributed by atoms with Crippen molar-refractivity contribution in [3.05, 3.63) is 58.7 Å². The van der Waals surface area contributed by atoms with Crippen LogP contribution in [0.3, 0.4) is 0 Å². The zero-order chi connectivity index (χ0) is 16.3. The summed E-state index contributed by atoms with van der Waals surface area (Å²) in [6, 6.07) is 11.1. The normalized spacial score (nSPS) is 12.5. The first-order valence-corrected chi connectivity index (χ1v) is 6.75. The number of carboxylic acid groups (broad SMARTS) is 2. The summed E-state index contributed by atoms with van der Waals surface area (Å²) >= 11 is 0. The summed E-state index contributed by atoms with van der Waals surface area (Å²) < 4.78 is 0. The average Bonchev–Trinajstić information content (AvgIpc) is 2.47. The van der Waals surface area contributed by atoms with Gasteiger partial charge < -0.3 is 10.2 Å². The maximum Gasteiger partial charge on any atom is 0.331 e. The highest BCUT2D eigenvalue weighted by atomic mass is 16.4. The second-order valence-electron chi connectivity index (χ2n) is 5.05. The van der Waals surface area contributed by atoms with Gasteiger partial charge in [-0.15, -0.1) is 0 Å². The van der Waals surface area contributed by atoms with E-state index in [-0.39, 0.29) is 11.1 Å². The molecule has 0 atom stereocenters. The summed E-state index contributed by atoms with van der Waals surface area (Å²) in [5.74, 6) is -1.93. The molecule has 112 valence electrons. The van der Waals surface area contributed by atoms with Gasteiger partial charge in [0, 0.05) is 11.1 Å². The van der Waals surface area contributed by atoms with Gasteiger partial charge >= 0.3 is 11.9 Å². The van der Waals surface area contributed by atoms with Crippen LogP contribution in [0.5, 0.6) is 0 Å². The van der Waals surface area contributed by atoms with Crippen molar-refractivity contribution in [1.29, 1.82) is 0 Å². The molecule has 0 aliphatic heterocycles. The Morgan fingerprint density at radius 1 is 0.773 bits per heavy atom. The van der Waals surface area contributed by atoms with Gasteiger partial charge in [0.05, 0.1) is 0 Å². The molecule has 0 aliphatic rings. The van der Waals surface area contributed by atoms with Crippen LogP contribution in [0.4, 0.5) is 0 Å². The quantitative estimate of drug-likeness (QED) is 0.841. The van der Waals surface area contributed by atoms with Gasteiger partial charge in [-0.05, 0) is 47.9 Å². The SMILES string of the molecule is C/C(=C\c1cccc2c(/C=C(\C)C(=O)O)cccc12)C(=O)O. The van der Waals surface area contributed by atoms with Gasteiger partial charge in [-0.25, -0.2) is 9.59 Å². The fourth-order valence-corrected chi connectivity index (χ4v) is 2.20. The van der Waals surface area contributed by atoms with Gasteiger partial charge in [0.2, 0.25) is 0 Å². The van der Waals surface area contributed by atoms with Crippen molar-refractivity contribution in [1.82, 2.24) is 0 Å². The molecule has 0 radical (unpaired) electrons. The standard InChI is InChI=1S/C18H16O4/c1-11(17(19)20)9-13-5-3-8-16-14(6-4-7-15(13)16)10-12(2)18(21)22/h3-10H,1-2H3,(H,19,20)(H,21,22)/b11-9+,12-10+. The van der Waals surface area contributed by atoms with Gasteiger partial charge in [0.1, 0.15) is 0 Å². The lowest BCUT2D eigenvalue weighted by Crippen LogP contribution is -1.96. The van der Waals surface area contributed by atoms with E-state index in [2.05, 4.69) is 0 Å². The minimum Gasteiger partial charge on any atom is -0.478 e. The van der Waals surface area contributed by atoms with Crippen molar-refractivity contribution in [2.75, 3.05) is 0 Å². The Kier molecular flexibility index (Phi) is 4.41. The van der Waals surface area contributed by atoms with Crippen LogP contribution in [0.1, 0.15) is 25.0 Å². The second kappa shape index (κ2) is 6.26. The van der Waals surface area contributed by atoms with E-state index >= 15 is 0 Å². The maximum atomic E-state index is 11.0. The van der Waals surface area contributed by atoms with Crippen LogP contribution in [0.15, 0.2) is 47.5 Å². The molecule has 2 aromatic carbocycles. The van der Waals surface area contributed by atoms with E-state index in [4.69, 9.17) is 10.2 Å². The van der Waals surface area contributed by atoms with Crippen molar-refractivity contribution in [3.8, 4) is 0 Å². The number of hydrogen-bond acceptors (Lipinski definition) is 2. The number of hydrogen-bond donors (Lipinski definition) is 2. The van der Waals surface area contributed by atoms with Crippen LogP contribution in [-0.4, -0.2) is 22.2 Å². The van der Waals surface area contributed by atoms with Gasteiger partial charge in [-0.1, -0.05) is 36.4 Å². The highest BCUT2D eigenvalue weighted by molar-refractivity contribution is 6.01. The average molecular weight is 296 g/mol. The first-order valence-electron chi connectivity index (χ1n) is 6.75. The highest BCUT2D eigenvalue weighted by Crippen LogP contribution is 2.26. The van der Waals surface area contributed by atoms with Crippen LogP contribution in [-0.2, 0) is 9.59 Å². The Bertz CT molecular complexity index is 744. The van der Waals surface area contributed by atoms with Gasteiger partial charge in [0.25, 0.3) is 0 Å². The third-order valence-electron chi connectivity index (χ3n) is 3.41. The van der Waals surface area contributed by atoms with E-state index in [0.29, 0.717) is 0 Å². The third-order valence-corrected chi connectivity index (χ3v) is 3.41. The van der Waals surface area contributed by atoms with Gasteiger partial charge in [-0.2, -0.15) is 0 Å². The topological polar surface area (TPSA) is 74.6 Å². The fourth-order valence-electron chi connectivity index (χ4n) is 2.20. The molecule has 0 saturated carbocycles. The zero-order valence-electron chi connectivity index (χ0n) is 12.3. The molecule has 0 heterocycles. The van der Waals surface area contributed by atoms with E-state index in [1.807, 2.05) is 36.4 Å². The lowest BCUT2D eigenvalue weighted by molar-refractivity contribution is -0.133. The summed E-state index contributed by atoms with van der Waals surface area (Å²) in [6.07, 6.45) is 3.23. The van der Waals surface area contributed by atoms with Crippen molar-refractivity contribution in [2.24, 2.45) is 0 Å². The third kappa shape index (κ3) is 3.23. The van der Waals surface area contributed by atoms with Crippen LogP contribution in [0.2, 0.25) is 0 Å². The van der Waals surface area contributed by atoms with Crippen molar-refractivity contribution >= 4 is 34.9 Å². The molecule has 2 N–H and O–H groups in total. The molecular weight excluding hydrogens is 280 g/mol. The Hall–Kier alpha value is -2.88. The van der Waals surface area contributed by atoms with E-state index in [0.717, 1.165) is 21.9 Å². The van der Waals surface area contributed by atoms with E-state index in [9.17, 15) is 9.59 Å². The number of benzene rings is 2. The summed E-state index contributed by atoms with van der Waals surface area (Å²) in [6.45, 7) is 3.08. The van der Waals surface area contributed by atoms with E-state index in [1.165, 1.54) is 0 Å². The molecule has 0 aliphatic carbocycles. The molecule has 0 amide bonds. The Morgan fingerprint density at radius 2 is 1.14 bits per heavy atom. The summed E-state index contributed by atoms with van der Waals surface area (Å²) in [4.78, 5) is 22.0. The molecule has 0 unspecified atom stereocenters. The zero-order valence-corrected chi connectivity index (χ0v) is 12.3. The number of rotatable bonds is 4. The Labute approximate surface area is 128 Å². The van der Waals surface area contributed by atoms with Crippen LogP contribution in [0.25, 0.3) is 22.9 Å². The molecule has 0 aromatic heterocycles. The molecule has 0 saturated heterocycles. The number of carboxylic acids is 2. The monoisotopic (exact) mass is 296 g/mol. The van der Waals surface area contributed by atoms with Crippen LogP contribution >= 0.6 is 0 Å². The largest absolute Gasteiger partial charge is 0.478 e. The smallest absolute Gasteiger partial charge is 0.331 e. The molecule has 22 heavy (non-hydrogen) atoms. The number of carbonyl (C=O) groups is 2. The van der Waals surface area contributed by atoms with Crippen LogP contribution < -0.4 is 0 Å². The summed E-state index contributed by atoms with van der Waals surface area (Å²) in [5, 5.41) is 19.8. The lowest BCUT2D eigenvalue weighted by atomic mass is 9.98. The van der Waals surface area contributed by atoms with Crippen molar-refractivity contribution in [3.63, 3.8) is 0 Å². The van der Waals surface area contributed by atoms with E-state index in [1.54, 1.807) is 26.0 Å². The molecule has 4 nitrogen and oxygen atoms in total. The number of aliphatic carboxylic acids is 2. The van der Waals surface area contributed by atoms with E-state index < -0.39 is 11.9 Å². The molecular formula is C18H16O4. The van der Waals surface area contributed by atoms with Gasteiger partial charge in [-0.3, -0.25) is 0 Å². The minimum atomic E-state index is -0.963. The predicted octanol–water partition coefficient (Wildman–Crippen LogP) is 3.82. The molecule has 4 heteroatoms. The second-order valence-corrected chi connectivity index (χ2v) is 5.05. The maximum absolute atomic E-state index is 11.0. The van der Waals surface area contributed by atoms with Crippen LogP contribution in [0, 0.1) is 0 Å². The molecule has 2 rings (SSSR count). The Balaban J connectivity index is 2.66. The molecule has 0 spiro atoms. The lowest BCUT2D eigenvalue weighted by Gasteiger charge is -2.07. The first-order chi connectivity index (χ1) is 10.4. The summed E-state index contributed by atoms with van der Waals surface area (Å²) in [5.41, 5.74) is 2.08. The van der Waals surface area contributed by atoms with Crippen molar-refractivity contribution < 1.29 is 19.8 Å². The van der Waals surface area contributed by atoms with Crippen molar-refractivity contribution in [2.45, 2.75) is 13.8 Å². The molecule has 2 aromatic rings. The fraction of sp³-hybridized carbons (Fsp3) is 0.111. The Morgan fingerprint density at radius 3 is 1.45 bits per heavy atom. The molecule has 0 bridgehead atoms. The first kappa shape index (κ1) is 15.5. The molecule has 0 fully saturated rings. The highest BCUT2D eigenvalue weighted by Gasteiger charge is 2.06. The predicted molar refractivity (Wildman–Crippen MR) is 86.5 cm³/mol. The number of fused-ring (bicyclic) bond motifs is 1. The van der Waals surface area contributed by atoms with Gasteiger partial charge in [0.15, 0.2) is 0 Å². The summed E-state index contributed by atoms with van der Waals surface area (Å²) in [7, 11) is 0. The minimum absolute atomic E-state index is 0.246.